The fourth-order valence-electron chi connectivity index (χ4n) is 3.72. The summed E-state index contributed by atoms with van der Waals surface area (Å²) in [5.41, 5.74) is 6.40. The Balaban J connectivity index is 1.86. The Hall–Kier alpha value is -1.44. The highest BCUT2D eigenvalue weighted by molar-refractivity contribution is 7.89. The molecular formula is C16H22N2O4S. The number of hydrogen-bond donors (Lipinski definition) is 1. The predicted molar refractivity (Wildman–Crippen MR) is 85.3 cm³/mol. The van der Waals surface area contributed by atoms with Crippen molar-refractivity contribution in [3.63, 3.8) is 0 Å². The molecule has 0 bridgehead atoms. The van der Waals surface area contributed by atoms with Crippen molar-refractivity contribution in [3.05, 3.63) is 29.8 Å². The van der Waals surface area contributed by atoms with Crippen LogP contribution in [0.25, 0.3) is 0 Å². The lowest BCUT2D eigenvalue weighted by atomic mass is 9.78. The molecule has 0 aromatic heterocycles. The van der Waals surface area contributed by atoms with Gasteiger partial charge in [0.2, 0.25) is 10.0 Å². The average molecular weight is 338 g/mol. The topological polar surface area (TPSA) is 89.7 Å². The number of rotatable bonds is 3. The van der Waals surface area contributed by atoms with E-state index in [2.05, 4.69) is 4.74 Å². The number of benzene rings is 1. The number of methoxy groups -OCH3 is 1. The van der Waals surface area contributed by atoms with Crippen molar-refractivity contribution in [2.75, 3.05) is 20.2 Å². The van der Waals surface area contributed by atoms with E-state index < -0.39 is 16.0 Å². The summed E-state index contributed by atoms with van der Waals surface area (Å²) < 4.78 is 31.9. The van der Waals surface area contributed by atoms with E-state index in [0.717, 1.165) is 19.3 Å². The van der Waals surface area contributed by atoms with Crippen LogP contribution in [-0.2, 0) is 14.8 Å². The van der Waals surface area contributed by atoms with Crippen LogP contribution in [0.5, 0.6) is 0 Å². The Kier molecular flexibility index (Phi) is 4.44. The third kappa shape index (κ3) is 3.00. The summed E-state index contributed by atoms with van der Waals surface area (Å²) in [4.78, 5) is 11.7. The number of carbonyl (C=O) groups is 1. The lowest BCUT2D eigenvalue weighted by Gasteiger charge is -2.29. The highest BCUT2D eigenvalue weighted by Gasteiger charge is 2.43. The zero-order chi connectivity index (χ0) is 16.6. The molecule has 23 heavy (non-hydrogen) atoms. The third-order valence-electron chi connectivity index (χ3n) is 5.01. The molecule has 1 aromatic rings. The number of sulfonamides is 1. The molecule has 3 unspecified atom stereocenters. The van der Waals surface area contributed by atoms with E-state index in [1.54, 1.807) is 12.1 Å². The molecule has 2 N–H and O–H groups in total. The standard InChI is InChI=1S/C16H22N2O4S/c1-22-16(19)11-4-2-6-13(8-11)23(20,21)18-9-12-5-3-7-15(17)14(12)10-18/h2,4,6,8,12,14-15H,3,5,7,9-10,17H2,1H3. The Labute approximate surface area is 136 Å². The van der Waals surface area contributed by atoms with Crippen LogP contribution < -0.4 is 5.73 Å². The second-order valence-electron chi connectivity index (χ2n) is 6.36. The van der Waals surface area contributed by atoms with Crippen LogP contribution in [0.2, 0.25) is 0 Å². The van der Waals surface area contributed by atoms with Gasteiger partial charge in [-0.1, -0.05) is 12.5 Å². The molecule has 1 saturated heterocycles. The van der Waals surface area contributed by atoms with Crippen LogP contribution in [0, 0.1) is 11.8 Å². The SMILES string of the molecule is COC(=O)c1cccc(S(=O)(=O)N2CC3CCCC(N)C3C2)c1. The summed E-state index contributed by atoms with van der Waals surface area (Å²) in [7, 11) is -2.34. The molecule has 0 amide bonds. The van der Waals surface area contributed by atoms with Gasteiger partial charge in [-0.05, 0) is 42.9 Å². The second kappa shape index (κ2) is 6.22. The molecule has 0 radical (unpaired) electrons. The molecule has 0 spiro atoms. The molecule has 7 heteroatoms. The molecule has 6 nitrogen and oxygen atoms in total. The van der Waals surface area contributed by atoms with Crippen LogP contribution in [0.4, 0.5) is 0 Å². The first kappa shape index (κ1) is 16.4. The number of nitrogens with two attached hydrogens (primary N) is 1. The second-order valence-corrected chi connectivity index (χ2v) is 8.30. The smallest absolute Gasteiger partial charge is 0.337 e. The van der Waals surface area contributed by atoms with E-state index in [9.17, 15) is 13.2 Å². The fourth-order valence-corrected chi connectivity index (χ4v) is 5.30. The van der Waals surface area contributed by atoms with E-state index in [-0.39, 0.29) is 22.4 Å². The molecule has 3 rings (SSSR count). The maximum Gasteiger partial charge on any atom is 0.337 e. The monoisotopic (exact) mass is 338 g/mol. The Morgan fingerprint density at radius 3 is 2.78 bits per heavy atom. The largest absolute Gasteiger partial charge is 0.465 e. The van der Waals surface area contributed by atoms with E-state index in [1.165, 1.54) is 23.5 Å². The van der Waals surface area contributed by atoms with E-state index in [1.807, 2.05) is 0 Å². The first-order chi connectivity index (χ1) is 10.9. The summed E-state index contributed by atoms with van der Waals surface area (Å²) in [6.45, 7) is 0.986. The molecule has 126 valence electrons. The third-order valence-corrected chi connectivity index (χ3v) is 6.84. The van der Waals surface area contributed by atoms with Crippen molar-refractivity contribution in [1.82, 2.24) is 4.31 Å². The summed E-state index contributed by atoms with van der Waals surface area (Å²) in [6.07, 6.45) is 3.06. The van der Waals surface area contributed by atoms with Crippen molar-refractivity contribution < 1.29 is 17.9 Å². The van der Waals surface area contributed by atoms with E-state index in [0.29, 0.717) is 19.0 Å². The van der Waals surface area contributed by atoms with Crippen molar-refractivity contribution in [3.8, 4) is 0 Å². The molecule has 1 saturated carbocycles. The van der Waals surface area contributed by atoms with Gasteiger partial charge in [0.05, 0.1) is 17.6 Å². The summed E-state index contributed by atoms with van der Waals surface area (Å²) in [6, 6.07) is 6.08. The number of ether oxygens (including phenoxy) is 1. The van der Waals surface area contributed by atoms with Crippen molar-refractivity contribution in [2.24, 2.45) is 17.6 Å². The highest BCUT2D eigenvalue weighted by Crippen LogP contribution is 2.37. The van der Waals surface area contributed by atoms with Crippen molar-refractivity contribution in [2.45, 2.75) is 30.2 Å². The Morgan fingerprint density at radius 1 is 1.30 bits per heavy atom. The lowest BCUT2D eigenvalue weighted by molar-refractivity contribution is 0.0600. The minimum Gasteiger partial charge on any atom is -0.465 e. The normalized spacial score (nSPS) is 28.3. The Bertz CT molecular complexity index is 704. The maximum atomic E-state index is 12.9. The lowest BCUT2D eigenvalue weighted by Crippen LogP contribution is -2.38. The molecule has 2 aliphatic rings. The highest BCUT2D eigenvalue weighted by atomic mass is 32.2. The van der Waals surface area contributed by atoms with Gasteiger partial charge in [0.15, 0.2) is 0 Å². The summed E-state index contributed by atoms with van der Waals surface area (Å²) in [5.74, 6) is 0.0405. The van der Waals surface area contributed by atoms with Gasteiger partial charge in [-0.3, -0.25) is 0 Å². The summed E-state index contributed by atoms with van der Waals surface area (Å²) >= 11 is 0. The molecule has 1 aromatic carbocycles. The number of esters is 1. The molecule has 1 aliphatic heterocycles. The van der Waals surface area contributed by atoms with Gasteiger partial charge in [-0.2, -0.15) is 4.31 Å². The maximum absolute atomic E-state index is 12.9. The van der Waals surface area contributed by atoms with Crippen LogP contribution in [0.1, 0.15) is 29.6 Å². The zero-order valence-electron chi connectivity index (χ0n) is 13.1. The molecule has 3 atom stereocenters. The van der Waals surface area contributed by atoms with E-state index in [4.69, 9.17) is 5.73 Å². The summed E-state index contributed by atoms with van der Waals surface area (Å²) in [5, 5.41) is 0. The van der Waals surface area contributed by atoms with Gasteiger partial charge in [0, 0.05) is 19.1 Å². The van der Waals surface area contributed by atoms with Crippen LogP contribution in [-0.4, -0.2) is 44.9 Å². The van der Waals surface area contributed by atoms with Gasteiger partial charge in [-0.15, -0.1) is 0 Å². The molecular weight excluding hydrogens is 316 g/mol. The van der Waals surface area contributed by atoms with Crippen molar-refractivity contribution in [1.29, 1.82) is 0 Å². The zero-order valence-corrected chi connectivity index (χ0v) is 14.0. The quantitative estimate of drug-likeness (QED) is 0.837. The van der Waals surface area contributed by atoms with Crippen LogP contribution in [0.3, 0.4) is 0 Å². The molecule has 2 fully saturated rings. The molecule has 1 heterocycles. The fraction of sp³-hybridized carbons (Fsp3) is 0.562. The molecule has 1 aliphatic carbocycles. The minimum atomic E-state index is -3.61. The Morgan fingerprint density at radius 2 is 2.09 bits per heavy atom. The first-order valence-electron chi connectivity index (χ1n) is 7.87. The number of fused-ring (bicyclic) bond motifs is 1. The van der Waals surface area contributed by atoms with E-state index >= 15 is 0 Å². The number of nitrogens with zero attached hydrogens (tertiary/aromatic N) is 1. The minimum absolute atomic E-state index is 0.0790. The van der Waals surface area contributed by atoms with Gasteiger partial charge in [-0.25, -0.2) is 13.2 Å². The van der Waals surface area contributed by atoms with Gasteiger partial charge in [0.25, 0.3) is 0 Å². The van der Waals surface area contributed by atoms with Crippen LogP contribution >= 0.6 is 0 Å². The van der Waals surface area contributed by atoms with Gasteiger partial charge >= 0.3 is 5.97 Å². The predicted octanol–water partition coefficient (Wildman–Crippen LogP) is 1.22. The van der Waals surface area contributed by atoms with Gasteiger partial charge < -0.3 is 10.5 Å². The van der Waals surface area contributed by atoms with Crippen molar-refractivity contribution >= 4 is 16.0 Å². The average Bonchev–Trinajstić information content (AvgIpc) is 3.01. The number of carbonyl (C=O) groups excluding carboxylic acids is 1. The van der Waals surface area contributed by atoms with Crippen LogP contribution in [0.15, 0.2) is 29.2 Å². The number of hydrogen-bond acceptors (Lipinski definition) is 5. The van der Waals surface area contributed by atoms with Gasteiger partial charge in [0.1, 0.15) is 0 Å². The first-order valence-corrected chi connectivity index (χ1v) is 9.31.